The van der Waals surface area contributed by atoms with Crippen molar-refractivity contribution in [3.05, 3.63) is 154 Å². The van der Waals surface area contributed by atoms with Crippen LogP contribution in [0.2, 0.25) is 0 Å². The predicted octanol–water partition coefficient (Wildman–Crippen LogP) is 12.7. The van der Waals surface area contributed by atoms with E-state index in [1.54, 1.807) is 3.21 Å². The van der Waals surface area contributed by atoms with E-state index < -0.39 is 0 Å². The fraction of sp³-hybridized carbons (Fsp3) is 0.277. The molecule has 0 nitrogen and oxygen atoms in total. The van der Waals surface area contributed by atoms with Crippen molar-refractivity contribution in [1.82, 2.24) is 0 Å². The molecule has 5 aromatic carbocycles. The number of hydrogen-bond donors (Lipinski definition) is 0. The van der Waals surface area contributed by atoms with E-state index in [9.17, 15) is 0 Å². The Morgan fingerprint density at radius 2 is 1.21 bits per heavy atom. The zero-order valence-electron chi connectivity index (χ0n) is 30.2. The monoisotopic (exact) mass is 702 g/mol. The van der Waals surface area contributed by atoms with Crippen LogP contribution in [0.25, 0.3) is 38.3 Å². The molecule has 0 N–H and O–H groups in total. The van der Waals surface area contributed by atoms with Gasteiger partial charge < -0.3 is 0 Å². The van der Waals surface area contributed by atoms with Crippen LogP contribution >= 0.6 is 0 Å². The van der Waals surface area contributed by atoms with Gasteiger partial charge in [-0.1, -0.05) is 113 Å². The SMILES string of the molecule is CC1=CC(C)(C)c2cc3[cH-]c4cc5c(cc4c3cc21)C(C)=CC5(C)C.CC1=[C-]C(C)C=C1c1ccccc1.CC[C](=[Zr+2])c1ccccc1. The molecular weight excluding hydrogens is 656 g/mol. The van der Waals surface area contributed by atoms with Crippen LogP contribution in [0.3, 0.4) is 0 Å². The molecule has 0 radical (unpaired) electrons. The standard InChI is InChI=1S/C25H25.C13H13.C9H10.Zr/c1-14-12-24(3,4)22-8-16-7-17-9-23-19(15(2)13-25(23,5)6)11-21(17)20(16)10-18(14)22;1-10-8-11(2)13(9-10)12-6-4-3-5-7-12;1-2-6-9-7-4-3-5-8-9;/h7-13H,1-6H3;3-7,9-10H,1-2H3;3-5,7-8H,2H2,1H3;/q2*-1;;+2. The fourth-order valence-corrected chi connectivity index (χ4v) is 8.24. The van der Waals surface area contributed by atoms with Crippen molar-refractivity contribution in [1.29, 1.82) is 0 Å². The third-order valence-corrected chi connectivity index (χ3v) is 11.8. The van der Waals surface area contributed by atoms with Crippen molar-refractivity contribution >= 4 is 41.5 Å². The van der Waals surface area contributed by atoms with Crippen molar-refractivity contribution in [3.63, 3.8) is 0 Å². The summed E-state index contributed by atoms with van der Waals surface area (Å²) >= 11 is 1.54. The molecule has 48 heavy (non-hydrogen) atoms. The first-order chi connectivity index (χ1) is 22.8. The molecule has 0 fully saturated rings. The zero-order valence-corrected chi connectivity index (χ0v) is 32.6. The van der Waals surface area contributed by atoms with Crippen LogP contribution < -0.4 is 0 Å². The third-order valence-electron chi connectivity index (χ3n) is 10.2. The van der Waals surface area contributed by atoms with E-state index in [-0.39, 0.29) is 10.8 Å². The van der Waals surface area contributed by atoms with Gasteiger partial charge in [0, 0.05) is 10.8 Å². The van der Waals surface area contributed by atoms with Gasteiger partial charge in [-0.15, -0.1) is 45.3 Å². The average Bonchev–Trinajstić information content (AvgIpc) is 3.74. The Morgan fingerprint density at radius 3 is 1.65 bits per heavy atom. The molecule has 240 valence electrons. The molecule has 0 saturated heterocycles. The van der Waals surface area contributed by atoms with Crippen LogP contribution in [-0.2, 0) is 35.1 Å². The van der Waals surface area contributed by atoms with E-state index in [0.717, 1.165) is 0 Å². The molecule has 0 saturated carbocycles. The fourth-order valence-electron chi connectivity index (χ4n) is 7.83. The summed E-state index contributed by atoms with van der Waals surface area (Å²) in [5.74, 6) is 0.468. The molecule has 0 aromatic heterocycles. The van der Waals surface area contributed by atoms with Crippen LogP contribution in [0.1, 0.15) is 102 Å². The van der Waals surface area contributed by atoms with Crippen molar-refractivity contribution < 1.29 is 24.2 Å². The van der Waals surface area contributed by atoms with E-state index in [1.165, 1.54) is 108 Å². The number of fused-ring (bicyclic) bond motifs is 5. The van der Waals surface area contributed by atoms with E-state index in [1.807, 2.05) is 6.07 Å². The van der Waals surface area contributed by atoms with Gasteiger partial charge in [0.2, 0.25) is 0 Å². The van der Waals surface area contributed by atoms with Gasteiger partial charge in [0.1, 0.15) is 0 Å². The molecule has 0 aliphatic heterocycles. The molecule has 5 aromatic rings. The second-order valence-electron chi connectivity index (χ2n) is 14.9. The molecule has 1 atom stereocenters. The first kappa shape index (κ1) is 34.3. The summed E-state index contributed by atoms with van der Waals surface area (Å²) in [6, 6.07) is 33.2. The Bertz CT molecular complexity index is 2050. The minimum absolute atomic E-state index is 0.139. The summed E-state index contributed by atoms with van der Waals surface area (Å²) in [5.41, 5.74) is 14.2. The van der Waals surface area contributed by atoms with E-state index in [4.69, 9.17) is 0 Å². The quantitative estimate of drug-likeness (QED) is 0.164. The first-order valence-corrected chi connectivity index (χ1v) is 18.6. The van der Waals surface area contributed by atoms with Gasteiger partial charge in [-0.05, 0) is 36.1 Å². The topological polar surface area (TPSA) is 0 Å². The number of rotatable bonds is 3. The second kappa shape index (κ2) is 13.4. The van der Waals surface area contributed by atoms with Crippen LogP contribution in [0, 0.1) is 12.0 Å². The number of hydrogen-bond acceptors (Lipinski definition) is 0. The maximum absolute atomic E-state index is 3.39. The molecule has 1 unspecified atom stereocenters. The molecule has 8 rings (SSSR count). The molecular formula is C47H48Zr. The minimum atomic E-state index is 0.139. The van der Waals surface area contributed by atoms with Crippen molar-refractivity contribution in [3.8, 4) is 0 Å². The molecule has 0 amide bonds. The zero-order chi connectivity index (χ0) is 34.4. The van der Waals surface area contributed by atoms with Gasteiger partial charge in [-0.2, -0.15) is 11.6 Å². The van der Waals surface area contributed by atoms with Crippen molar-refractivity contribution in [2.75, 3.05) is 0 Å². The van der Waals surface area contributed by atoms with Gasteiger partial charge in [0.15, 0.2) is 0 Å². The first-order valence-electron chi connectivity index (χ1n) is 17.4. The maximum atomic E-state index is 3.39. The van der Waals surface area contributed by atoms with Gasteiger partial charge in [-0.3, -0.25) is 6.08 Å². The predicted molar refractivity (Wildman–Crippen MR) is 207 cm³/mol. The van der Waals surface area contributed by atoms with Gasteiger partial charge in [0.05, 0.1) is 0 Å². The van der Waals surface area contributed by atoms with Crippen molar-refractivity contribution in [2.24, 2.45) is 5.92 Å². The van der Waals surface area contributed by atoms with Gasteiger partial charge in [0.25, 0.3) is 0 Å². The molecule has 1 heteroatoms. The Balaban J connectivity index is 0.000000146. The van der Waals surface area contributed by atoms with E-state index in [0.29, 0.717) is 5.92 Å². The van der Waals surface area contributed by atoms with Crippen LogP contribution in [0.5, 0.6) is 0 Å². The summed E-state index contributed by atoms with van der Waals surface area (Å²) in [6.07, 6.45) is 11.7. The summed E-state index contributed by atoms with van der Waals surface area (Å²) in [6.45, 7) is 20.3. The average molecular weight is 704 g/mol. The van der Waals surface area contributed by atoms with Crippen LogP contribution in [-0.4, -0.2) is 3.21 Å². The normalized spacial score (nSPS) is 18.1. The Labute approximate surface area is 303 Å². The Hall–Kier alpha value is -3.54. The van der Waals surface area contributed by atoms with Crippen molar-refractivity contribution in [2.45, 2.75) is 79.6 Å². The van der Waals surface area contributed by atoms with E-state index in [2.05, 4.69) is 172 Å². The second-order valence-corrected chi connectivity index (χ2v) is 16.4. The third kappa shape index (κ3) is 6.69. The number of benzene rings is 4. The molecule has 3 aliphatic rings. The Morgan fingerprint density at radius 1 is 0.729 bits per heavy atom. The molecule has 0 spiro atoms. The van der Waals surface area contributed by atoms with E-state index >= 15 is 0 Å². The summed E-state index contributed by atoms with van der Waals surface area (Å²) in [7, 11) is 0. The van der Waals surface area contributed by atoms with Crippen LogP contribution in [0.4, 0.5) is 0 Å². The summed E-state index contributed by atoms with van der Waals surface area (Å²) < 4.78 is 1.55. The molecule has 0 bridgehead atoms. The number of allylic oxidation sites excluding steroid dienone is 8. The summed E-state index contributed by atoms with van der Waals surface area (Å²) in [5, 5.41) is 5.57. The summed E-state index contributed by atoms with van der Waals surface area (Å²) in [4.78, 5) is 0. The van der Waals surface area contributed by atoms with Gasteiger partial charge in [-0.25, -0.2) is 5.57 Å². The van der Waals surface area contributed by atoms with Crippen LogP contribution in [0.15, 0.2) is 115 Å². The van der Waals surface area contributed by atoms with Gasteiger partial charge >= 0.3 is 76.7 Å². The molecule has 3 aliphatic carbocycles. The molecule has 0 heterocycles. The Kier molecular flexibility index (Phi) is 9.59.